The summed E-state index contributed by atoms with van der Waals surface area (Å²) in [6.07, 6.45) is 4.26. The maximum atomic E-state index is 13.7. The lowest BCUT2D eigenvalue weighted by molar-refractivity contribution is 0.372. The summed E-state index contributed by atoms with van der Waals surface area (Å²) in [5.41, 5.74) is 4.50. The molecule has 0 saturated carbocycles. The quantitative estimate of drug-likeness (QED) is 0.308. The molecule has 0 bridgehead atoms. The highest BCUT2D eigenvalue weighted by atomic mass is 32.2. The van der Waals surface area contributed by atoms with E-state index in [4.69, 9.17) is 9.52 Å². The van der Waals surface area contributed by atoms with Crippen LogP contribution in [-0.4, -0.2) is 40.4 Å². The molecule has 0 amide bonds. The molecule has 3 aromatic rings. The van der Waals surface area contributed by atoms with Crippen LogP contribution in [0.5, 0.6) is 17.2 Å². The zero-order chi connectivity index (χ0) is 25.7. The van der Waals surface area contributed by atoms with Crippen molar-refractivity contribution >= 4 is 9.73 Å². The number of phenolic OH excluding ortho intramolecular Hbond substituents is 2. The third-order valence-corrected chi connectivity index (χ3v) is 9.02. The van der Waals surface area contributed by atoms with Crippen molar-refractivity contribution in [3.8, 4) is 17.2 Å². The zero-order valence-electron chi connectivity index (χ0n) is 21.0. The van der Waals surface area contributed by atoms with Gasteiger partial charge in [0.05, 0.1) is 21.7 Å². The number of hydrogen-bond donors (Lipinski definition) is 4. The largest absolute Gasteiger partial charge is 0.508 e. The first-order valence-electron chi connectivity index (χ1n) is 12.6. The first-order chi connectivity index (χ1) is 17.3. The fourth-order valence-electron chi connectivity index (χ4n) is 5.16. The first kappa shape index (κ1) is 26.0. The van der Waals surface area contributed by atoms with Crippen LogP contribution in [0, 0.1) is 10.7 Å². The van der Waals surface area contributed by atoms with Crippen LogP contribution >= 0.6 is 0 Å². The molecule has 1 saturated heterocycles. The van der Waals surface area contributed by atoms with E-state index in [1.54, 1.807) is 7.11 Å². The Kier molecular flexibility index (Phi) is 8.21. The molecule has 2 unspecified atom stereocenters. The second-order valence-corrected chi connectivity index (χ2v) is 11.7. The van der Waals surface area contributed by atoms with Gasteiger partial charge in [0, 0.05) is 17.7 Å². The van der Waals surface area contributed by atoms with Gasteiger partial charge in [0.25, 0.3) is 0 Å². The Hall–Kier alpha value is -3.03. The molecular formula is C29H36N2O4S. The standard InChI is InChI=1S/C29H36N2O4S/c1-3-22-17-21(16-20-12-14-31-15-13-20)4-10-26(22)27(23-5-8-25(35-2)9-6-23)19-36(30,34)29-11-7-24(32)18-28(29)33/h4-11,17-18,20,27,30-33H,3,12-16,19H2,1-2H3. The lowest BCUT2D eigenvalue weighted by Crippen LogP contribution is -2.28. The number of benzene rings is 3. The van der Waals surface area contributed by atoms with Crippen molar-refractivity contribution < 1.29 is 19.2 Å². The topological polar surface area (TPSA) is 103 Å². The molecule has 4 rings (SSSR count). The average molecular weight is 509 g/mol. The highest BCUT2D eigenvalue weighted by molar-refractivity contribution is 7.92. The van der Waals surface area contributed by atoms with Crippen molar-refractivity contribution in [2.45, 2.75) is 43.4 Å². The van der Waals surface area contributed by atoms with Crippen molar-refractivity contribution in [3.05, 3.63) is 82.9 Å². The summed E-state index contributed by atoms with van der Waals surface area (Å²) in [7, 11) is -1.76. The van der Waals surface area contributed by atoms with E-state index in [1.165, 1.54) is 36.1 Å². The molecule has 4 N–H and O–H groups in total. The summed E-state index contributed by atoms with van der Waals surface area (Å²) in [6.45, 7) is 4.28. The third kappa shape index (κ3) is 6.02. The van der Waals surface area contributed by atoms with Gasteiger partial charge in [0.15, 0.2) is 0 Å². The first-order valence-corrected chi connectivity index (χ1v) is 14.3. The Morgan fingerprint density at radius 2 is 1.78 bits per heavy atom. The maximum absolute atomic E-state index is 13.7. The molecule has 6 nitrogen and oxygen atoms in total. The molecule has 0 spiro atoms. The normalized spacial score (nSPS) is 16.8. The van der Waals surface area contributed by atoms with Gasteiger partial charge < -0.3 is 20.3 Å². The van der Waals surface area contributed by atoms with E-state index in [1.807, 2.05) is 24.3 Å². The van der Waals surface area contributed by atoms with Gasteiger partial charge in [-0.05, 0) is 91.2 Å². The Morgan fingerprint density at radius 1 is 1.06 bits per heavy atom. The van der Waals surface area contributed by atoms with E-state index >= 15 is 0 Å². The van der Waals surface area contributed by atoms with Gasteiger partial charge in [0.2, 0.25) is 0 Å². The van der Waals surface area contributed by atoms with E-state index in [-0.39, 0.29) is 28.1 Å². The van der Waals surface area contributed by atoms with Crippen molar-refractivity contribution in [2.75, 3.05) is 26.0 Å². The lowest BCUT2D eigenvalue weighted by atomic mass is 9.85. The molecule has 1 aliphatic heterocycles. The summed E-state index contributed by atoms with van der Waals surface area (Å²) in [5.74, 6) is 0.666. The minimum absolute atomic E-state index is 0.0122. The Labute approximate surface area is 214 Å². The summed E-state index contributed by atoms with van der Waals surface area (Å²) >= 11 is 0. The van der Waals surface area contributed by atoms with Gasteiger partial charge in [-0.2, -0.15) is 0 Å². The van der Waals surface area contributed by atoms with Crippen molar-refractivity contribution in [1.29, 1.82) is 4.78 Å². The van der Waals surface area contributed by atoms with Crippen LogP contribution in [0.15, 0.2) is 65.6 Å². The lowest BCUT2D eigenvalue weighted by Gasteiger charge is -2.25. The summed E-state index contributed by atoms with van der Waals surface area (Å²) in [4.78, 5) is 0.0411. The number of hydrogen-bond acceptors (Lipinski definition) is 6. The van der Waals surface area contributed by atoms with Crippen LogP contribution in [0.1, 0.15) is 47.9 Å². The highest BCUT2D eigenvalue weighted by Crippen LogP contribution is 2.36. The minimum atomic E-state index is -3.38. The number of rotatable bonds is 9. The molecule has 36 heavy (non-hydrogen) atoms. The molecule has 1 heterocycles. The predicted octanol–water partition coefficient (Wildman–Crippen LogP) is 5.45. The molecular weight excluding hydrogens is 472 g/mol. The smallest absolute Gasteiger partial charge is 0.136 e. The second kappa shape index (κ2) is 11.4. The van der Waals surface area contributed by atoms with Crippen LogP contribution in [0.4, 0.5) is 0 Å². The van der Waals surface area contributed by atoms with E-state index in [0.29, 0.717) is 5.92 Å². The summed E-state index contributed by atoms with van der Waals surface area (Å²) < 4.78 is 27.8. The SMILES string of the molecule is CCc1cc(CC2CCNCC2)ccc1C(CS(=N)(=O)c1ccc(O)cc1O)c1ccc(OC)cc1. The number of ether oxygens (including phenoxy) is 1. The van der Waals surface area contributed by atoms with Crippen molar-refractivity contribution in [2.24, 2.45) is 5.92 Å². The predicted molar refractivity (Wildman–Crippen MR) is 144 cm³/mol. The van der Waals surface area contributed by atoms with E-state index in [9.17, 15) is 14.4 Å². The molecule has 1 aliphatic rings. The maximum Gasteiger partial charge on any atom is 0.136 e. The van der Waals surface area contributed by atoms with Crippen LogP contribution in [0.2, 0.25) is 0 Å². The monoisotopic (exact) mass is 508 g/mol. The molecule has 192 valence electrons. The van der Waals surface area contributed by atoms with Gasteiger partial charge in [-0.25, -0.2) is 8.99 Å². The van der Waals surface area contributed by atoms with Crippen molar-refractivity contribution in [3.63, 3.8) is 0 Å². The number of aryl methyl sites for hydroxylation is 1. The number of phenols is 2. The van der Waals surface area contributed by atoms with Gasteiger partial charge >= 0.3 is 0 Å². The molecule has 2 atom stereocenters. The van der Waals surface area contributed by atoms with Gasteiger partial charge in [-0.3, -0.25) is 0 Å². The van der Waals surface area contributed by atoms with Gasteiger partial charge in [0.1, 0.15) is 17.2 Å². The van der Waals surface area contributed by atoms with E-state index in [2.05, 4.69) is 30.4 Å². The Balaban J connectivity index is 1.72. The Bertz CT molecular complexity index is 1280. The highest BCUT2D eigenvalue weighted by Gasteiger charge is 2.26. The van der Waals surface area contributed by atoms with Crippen LogP contribution in [0.25, 0.3) is 0 Å². The molecule has 0 aliphatic carbocycles. The summed E-state index contributed by atoms with van der Waals surface area (Å²) in [6, 6.07) is 18.1. The van der Waals surface area contributed by atoms with Gasteiger partial charge in [-0.15, -0.1) is 0 Å². The van der Waals surface area contributed by atoms with Crippen LogP contribution < -0.4 is 10.1 Å². The molecule has 0 aromatic heterocycles. The molecule has 7 heteroatoms. The average Bonchev–Trinajstić information content (AvgIpc) is 2.88. The fraction of sp³-hybridized carbons (Fsp3) is 0.379. The molecule has 1 fully saturated rings. The fourth-order valence-corrected chi connectivity index (χ4v) is 6.87. The van der Waals surface area contributed by atoms with Gasteiger partial charge in [-0.1, -0.05) is 37.3 Å². The Morgan fingerprint density at radius 3 is 2.42 bits per heavy atom. The molecule has 3 aromatic carbocycles. The number of piperidine rings is 1. The van der Waals surface area contributed by atoms with E-state index in [0.717, 1.165) is 48.9 Å². The molecule has 0 radical (unpaired) electrons. The minimum Gasteiger partial charge on any atom is -0.508 e. The van der Waals surface area contributed by atoms with Crippen LogP contribution in [0.3, 0.4) is 0 Å². The summed E-state index contributed by atoms with van der Waals surface area (Å²) in [5, 5.41) is 23.5. The van der Waals surface area contributed by atoms with Crippen molar-refractivity contribution in [1.82, 2.24) is 5.32 Å². The third-order valence-electron chi connectivity index (χ3n) is 7.16. The van der Waals surface area contributed by atoms with Crippen LogP contribution in [-0.2, 0) is 22.6 Å². The van der Waals surface area contributed by atoms with E-state index < -0.39 is 9.73 Å². The second-order valence-electron chi connectivity index (χ2n) is 9.60. The number of nitrogens with one attached hydrogen (secondary N) is 2. The number of aromatic hydroxyl groups is 2. The number of methoxy groups -OCH3 is 1. The zero-order valence-corrected chi connectivity index (χ0v) is 21.8.